The molecule has 1 aliphatic rings. The van der Waals surface area contributed by atoms with E-state index in [1.807, 2.05) is 48.2 Å². The molecular formula is C22H28N2O3. The maximum atomic E-state index is 13.0. The van der Waals surface area contributed by atoms with Gasteiger partial charge in [0.15, 0.2) is 0 Å². The van der Waals surface area contributed by atoms with Crippen LogP contribution in [-0.2, 0) is 11.2 Å². The molecule has 1 amide bonds. The molecule has 0 aliphatic carbocycles. The van der Waals surface area contributed by atoms with Gasteiger partial charge in [0.05, 0.1) is 25.3 Å². The molecule has 2 N–H and O–H groups in total. The van der Waals surface area contributed by atoms with Gasteiger partial charge in [-0.3, -0.25) is 4.79 Å². The van der Waals surface area contributed by atoms with Crippen LogP contribution in [0.3, 0.4) is 0 Å². The van der Waals surface area contributed by atoms with Crippen molar-refractivity contribution in [2.45, 2.75) is 32.4 Å². The van der Waals surface area contributed by atoms with Gasteiger partial charge in [0, 0.05) is 18.7 Å². The van der Waals surface area contributed by atoms with Crippen molar-refractivity contribution in [3.63, 3.8) is 0 Å². The Morgan fingerprint density at radius 2 is 1.93 bits per heavy atom. The number of benzene rings is 2. The van der Waals surface area contributed by atoms with E-state index in [0.717, 1.165) is 23.3 Å². The summed E-state index contributed by atoms with van der Waals surface area (Å²) in [6, 6.07) is 16.1. The summed E-state index contributed by atoms with van der Waals surface area (Å²) in [7, 11) is 0. The van der Waals surface area contributed by atoms with Gasteiger partial charge in [-0.2, -0.15) is 0 Å². The number of carbonyl (C=O) groups excluding carboxylic acids is 1. The van der Waals surface area contributed by atoms with E-state index in [1.54, 1.807) is 6.92 Å². The lowest BCUT2D eigenvalue weighted by Crippen LogP contribution is -2.45. The van der Waals surface area contributed by atoms with E-state index in [4.69, 9.17) is 4.74 Å². The molecule has 2 unspecified atom stereocenters. The summed E-state index contributed by atoms with van der Waals surface area (Å²) in [4.78, 5) is 14.9. The molecule has 0 bridgehead atoms. The Morgan fingerprint density at radius 3 is 2.67 bits per heavy atom. The second-order valence-electron chi connectivity index (χ2n) is 6.89. The van der Waals surface area contributed by atoms with Crippen LogP contribution in [0.4, 0.5) is 0 Å². The first-order chi connectivity index (χ1) is 13.1. The average molecular weight is 368 g/mol. The van der Waals surface area contributed by atoms with E-state index in [2.05, 4.69) is 17.4 Å². The third-order valence-corrected chi connectivity index (χ3v) is 4.83. The molecule has 27 heavy (non-hydrogen) atoms. The number of amides is 1. The van der Waals surface area contributed by atoms with Crippen LogP contribution < -0.4 is 10.1 Å². The van der Waals surface area contributed by atoms with E-state index < -0.39 is 6.10 Å². The molecule has 1 heterocycles. The van der Waals surface area contributed by atoms with Gasteiger partial charge in [-0.05, 0) is 37.5 Å². The predicted octanol–water partition coefficient (Wildman–Crippen LogP) is 2.53. The summed E-state index contributed by atoms with van der Waals surface area (Å²) in [5, 5.41) is 12.5. The van der Waals surface area contributed by atoms with E-state index in [1.165, 1.54) is 5.56 Å². The number of hydrogen-bond acceptors (Lipinski definition) is 4. The fraction of sp³-hybridized carbons (Fsp3) is 0.409. The van der Waals surface area contributed by atoms with Gasteiger partial charge < -0.3 is 20.1 Å². The molecule has 0 fully saturated rings. The van der Waals surface area contributed by atoms with E-state index >= 15 is 0 Å². The summed E-state index contributed by atoms with van der Waals surface area (Å²) in [6.45, 7) is 5.52. The quantitative estimate of drug-likeness (QED) is 0.788. The number of ether oxygens (including phenoxy) is 1. The van der Waals surface area contributed by atoms with Gasteiger partial charge in [-0.25, -0.2) is 0 Å². The summed E-state index contributed by atoms with van der Waals surface area (Å²) in [5.41, 5.74) is 3.44. The highest BCUT2D eigenvalue weighted by Gasteiger charge is 2.33. The smallest absolute Gasteiger partial charge is 0.237 e. The zero-order valence-corrected chi connectivity index (χ0v) is 16.0. The minimum Gasteiger partial charge on any atom is -0.494 e. The first-order valence-electron chi connectivity index (χ1n) is 9.59. The number of rotatable bonds is 7. The molecule has 2 atom stereocenters. The van der Waals surface area contributed by atoms with Crippen LogP contribution in [0.5, 0.6) is 5.75 Å². The normalized spacial score (nSPS) is 17.3. The SMILES string of the molecule is CCOc1ccccc1C1c2ccccc2CCN1C(=O)CNCC(C)O. The minimum absolute atomic E-state index is 0.0291. The number of carbonyl (C=O) groups is 1. The number of nitrogens with zero attached hydrogens (tertiary/aromatic N) is 1. The van der Waals surface area contributed by atoms with Crippen molar-refractivity contribution >= 4 is 5.91 Å². The minimum atomic E-state index is -0.477. The zero-order chi connectivity index (χ0) is 19.2. The van der Waals surface area contributed by atoms with Crippen LogP contribution in [0.1, 0.15) is 36.6 Å². The molecule has 2 aromatic carbocycles. The van der Waals surface area contributed by atoms with Crippen molar-refractivity contribution in [2.24, 2.45) is 0 Å². The Hall–Kier alpha value is -2.37. The Labute approximate surface area is 161 Å². The molecule has 1 aliphatic heterocycles. The molecule has 0 aromatic heterocycles. The summed E-state index contributed by atoms with van der Waals surface area (Å²) >= 11 is 0. The monoisotopic (exact) mass is 368 g/mol. The lowest BCUT2D eigenvalue weighted by molar-refractivity contribution is -0.132. The fourth-order valence-corrected chi connectivity index (χ4v) is 3.65. The summed E-state index contributed by atoms with van der Waals surface area (Å²) < 4.78 is 5.86. The van der Waals surface area contributed by atoms with Gasteiger partial charge in [0.2, 0.25) is 5.91 Å². The lowest BCUT2D eigenvalue weighted by atomic mass is 9.87. The van der Waals surface area contributed by atoms with Crippen molar-refractivity contribution in [2.75, 3.05) is 26.2 Å². The molecule has 0 radical (unpaired) electrons. The third kappa shape index (κ3) is 4.49. The van der Waals surface area contributed by atoms with Crippen LogP contribution in [0, 0.1) is 0 Å². The van der Waals surface area contributed by atoms with Crippen molar-refractivity contribution in [1.82, 2.24) is 10.2 Å². The number of fused-ring (bicyclic) bond motifs is 1. The highest BCUT2D eigenvalue weighted by Crippen LogP contribution is 2.39. The van der Waals surface area contributed by atoms with Crippen molar-refractivity contribution in [3.8, 4) is 5.75 Å². The van der Waals surface area contributed by atoms with Crippen LogP contribution in [-0.4, -0.2) is 48.3 Å². The second-order valence-corrected chi connectivity index (χ2v) is 6.89. The average Bonchev–Trinajstić information content (AvgIpc) is 2.67. The molecule has 0 spiro atoms. The van der Waals surface area contributed by atoms with Gasteiger partial charge in [-0.15, -0.1) is 0 Å². The number of aliphatic hydroxyl groups is 1. The zero-order valence-electron chi connectivity index (χ0n) is 16.0. The van der Waals surface area contributed by atoms with Gasteiger partial charge in [-0.1, -0.05) is 42.5 Å². The lowest BCUT2D eigenvalue weighted by Gasteiger charge is -2.38. The van der Waals surface area contributed by atoms with Gasteiger partial charge in [0.1, 0.15) is 5.75 Å². The highest BCUT2D eigenvalue weighted by atomic mass is 16.5. The number of para-hydroxylation sites is 1. The van der Waals surface area contributed by atoms with E-state index in [9.17, 15) is 9.90 Å². The topological polar surface area (TPSA) is 61.8 Å². The Balaban J connectivity index is 1.95. The van der Waals surface area contributed by atoms with Crippen LogP contribution in [0.15, 0.2) is 48.5 Å². The highest BCUT2D eigenvalue weighted by molar-refractivity contribution is 5.80. The summed E-state index contributed by atoms with van der Waals surface area (Å²) in [5.74, 6) is 0.845. The van der Waals surface area contributed by atoms with E-state index in [0.29, 0.717) is 19.7 Å². The molecule has 2 aromatic rings. The molecule has 5 heteroatoms. The number of nitrogens with one attached hydrogen (secondary N) is 1. The predicted molar refractivity (Wildman–Crippen MR) is 106 cm³/mol. The number of aliphatic hydroxyl groups excluding tert-OH is 1. The molecular weight excluding hydrogens is 340 g/mol. The first kappa shape index (κ1) is 19.4. The molecule has 0 saturated carbocycles. The fourth-order valence-electron chi connectivity index (χ4n) is 3.65. The maximum Gasteiger partial charge on any atom is 0.237 e. The largest absolute Gasteiger partial charge is 0.494 e. The Morgan fingerprint density at radius 1 is 1.22 bits per heavy atom. The van der Waals surface area contributed by atoms with Crippen molar-refractivity contribution in [1.29, 1.82) is 0 Å². The maximum absolute atomic E-state index is 13.0. The molecule has 144 valence electrons. The number of hydrogen-bond donors (Lipinski definition) is 2. The van der Waals surface area contributed by atoms with Crippen molar-refractivity contribution in [3.05, 3.63) is 65.2 Å². The van der Waals surface area contributed by atoms with Crippen LogP contribution in [0.25, 0.3) is 0 Å². The molecule has 3 rings (SSSR count). The van der Waals surface area contributed by atoms with Crippen molar-refractivity contribution < 1.29 is 14.6 Å². The second kappa shape index (κ2) is 9.02. The summed E-state index contributed by atoms with van der Waals surface area (Å²) in [6.07, 6.45) is 0.361. The third-order valence-electron chi connectivity index (χ3n) is 4.83. The molecule has 5 nitrogen and oxygen atoms in total. The first-order valence-corrected chi connectivity index (χ1v) is 9.59. The van der Waals surface area contributed by atoms with Crippen LogP contribution >= 0.6 is 0 Å². The Kier molecular flexibility index (Phi) is 6.48. The Bertz CT molecular complexity index is 776. The standard InChI is InChI=1S/C22H28N2O3/c1-3-27-20-11-7-6-10-19(20)22-18-9-5-4-8-17(18)12-13-24(22)21(26)15-23-14-16(2)25/h4-11,16,22-23,25H,3,12-15H2,1-2H3. The van der Waals surface area contributed by atoms with Crippen LogP contribution in [0.2, 0.25) is 0 Å². The van der Waals surface area contributed by atoms with Gasteiger partial charge in [0.25, 0.3) is 0 Å². The van der Waals surface area contributed by atoms with Gasteiger partial charge >= 0.3 is 0 Å². The van der Waals surface area contributed by atoms with E-state index in [-0.39, 0.29) is 18.5 Å². The molecule has 0 saturated heterocycles.